The Morgan fingerprint density at radius 3 is 2.59 bits per heavy atom. The third kappa shape index (κ3) is 4.11. The molecular formula is C21H18N6O2. The van der Waals surface area contributed by atoms with Gasteiger partial charge >= 0.3 is 6.03 Å². The lowest BCUT2D eigenvalue weighted by atomic mass is 10.0. The minimum absolute atomic E-state index is 0.223. The van der Waals surface area contributed by atoms with E-state index in [9.17, 15) is 9.59 Å². The summed E-state index contributed by atoms with van der Waals surface area (Å²) in [7, 11) is 0. The fourth-order valence-electron chi connectivity index (χ4n) is 3.00. The first-order chi connectivity index (χ1) is 14.1. The topological polar surface area (TPSA) is 102 Å². The number of rotatable bonds is 4. The van der Waals surface area contributed by atoms with Gasteiger partial charge in [-0.25, -0.2) is 4.79 Å². The van der Waals surface area contributed by atoms with Crippen molar-refractivity contribution < 1.29 is 9.59 Å². The molecule has 8 nitrogen and oxygen atoms in total. The van der Waals surface area contributed by atoms with E-state index in [4.69, 9.17) is 0 Å². The van der Waals surface area contributed by atoms with Gasteiger partial charge in [0.15, 0.2) is 0 Å². The number of amides is 3. The Labute approximate surface area is 166 Å². The molecule has 0 unspecified atom stereocenters. The zero-order valence-corrected chi connectivity index (χ0v) is 15.7. The molecule has 0 spiro atoms. The van der Waals surface area contributed by atoms with E-state index in [1.807, 2.05) is 61.5 Å². The van der Waals surface area contributed by atoms with Crippen LogP contribution in [0.1, 0.15) is 5.56 Å². The van der Waals surface area contributed by atoms with E-state index in [1.165, 1.54) is 0 Å². The summed E-state index contributed by atoms with van der Waals surface area (Å²) in [6.45, 7) is 1.64. The van der Waals surface area contributed by atoms with Gasteiger partial charge in [-0.1, -0.05) is 60.7 Å². The standard InChI is InChI=1S/C21H18N6O2/c1-14-7-2-5-12-18(14)22-21(29)23-19(28)13-27-25-20(24-26-27)17-11-6-9-15-8-3-4-10-16(15)17/h2-12H,13H2,1H3,(H2,22,23,28,29). The maximum absolute atomic E-state index is 12.2. The van der Waals surface area contributed by atoms with Crippen LogP contribution in [-0.4, -0.2) is 32.1 Å². The van der Waals surface area contributed by atoms with Crippen LogP contribution >= 0.6 is 0 Å². The van der Waals surface area contributed by atoms with Crippen LogP contribution in [0, 0.1) is 6.92 Å². The van der Waals surface area contributed by atoms with Crippen molar-refractivity contribution in [1.82, 2.24) is 25.5 Å². The molecule has 0 aliphatic carbocycles. The summed E-state index contributed by atoms with van der Waals surface area (Å²) < 4.78 is 0. The Morgan fingerprint density at radius 1 is 0.966 bits per heavy atom. The Kier molecular flexibility index (Phi) is 4.98. The molecule has 0 saturated heterocycles. The van der Waals surface area contributed by atoms with Crippen LogP contribution in [0.5, 0.6) is 0 Å². The Bertz CT molecular complexity index is 1200. The minimum Gasteiger partial charge on any atom is -0.307 e. The lowest BCUT2D eigenvalue weighted by Crippen LogP contribution is -2.37. The lowest BCUT2D eigenvalue weighted by Gasteiger charge is -2.08. The molecule has 29 heavy (non-hydrogen) atoms. The number of fused-ring (bicyclic) bond motifs is 1. The summed E-state index contributed by atoms with van der Waals surface area (Å²) in [6.07, 6.45) is 0. The zero-order valence-electron chi connectivity index (χ0n) is 15.7. The highest BCUT2D eigenvalue weighted by Gasteiger charge is 2.14. The van der Waals surface area contributed by atoms with Crippen LogP contribution in [-0.2, 0) is 11.3 Å². The number of anilines is 1. The number of aromatic nitrogens is 4. The average molecular weight is 386 g/mol. The number of nitrogens with one attached hydrogen (secondary N) is 2. The maximum atomic E-state index is 12.2. The van der Waals surface area contributed by atoms with Crippen LogP contribution in [0.4, 0.5) is 10.5 Å². The second-order valence-corrected chi connectivity index (χ2v) is 6.49. The number of urea groups is 1. The van der Waals surface area contributed by atoms with E-state index in [2.05, 4.69) is 26.0 Å². The molecule has 144 valence electrons. The van der Waals surface area contributed by atoms with Crippen molar-refractivity contribution in [3.8, 4) is 11.4 Å². The predicted molar refractivity (Wildman–Crippen MR) is 109 cm³/mol. The normalized spacial score (nSPS) is 10.7. The highest BCUT2D eigenvalue weighted by atomic mass is 16.2. The number of hydrogen-bond donors (Lipinski definition) is 2. The molecule has 3 amide bonds. The van der Waals surface area contributed by atoms with Crippen molar-refractivity contribution in [3.63, 3.8) is 0 Å². The SMILES string of the molecule is Cc1ccccc1NC(=O)NC(=O)Cn1nnc(-c2cccc3ccccc23)n1. The molecule has 0 aliphatic heterocycles. The van der Waals surface area contributed by atoms with Crippen molar-refractivity contribution in [2.45, 2.75) is 13.5 Å². The van der Waals surface area contributed by atoms with E-state index >= 15 is 0 Å². The molecule has 2 N–H and O–H groups in total. The van der Waals surface area contributed by atoms with Crippen molar-refractivity contribution >= 4 is 28.4 Å². The molecule has 1 heterocycles. The second kappa shape index (κ2) is 7.89. The summed E-state index contributed by atoms with van der Waals surface area (Å²) in [5.74, 6) is -0.128. The first-order valence-electron chi connectivity index (χ1n) is 9.02. The maximum Gasteiger partial charge on any atom is 0.325 e. The smallest absolute Gasteiger partial charge is 0.307 e. The van der Waals surface area contributed by atoms with Gasteiger partial charge in [-0.2, -0.15) is 4.80 Å². The number of para-hydroxylation sites is 1. The van der Waals surface area contributed by atoms with E-state index in [0.717, 1.165) is 26.7 Å². The van der Waals surface area contributed by atoms with Crippen molar-refractivity contribution in [2.75, 3.05) is 5.32 Å². The molecule has 3 aromatic carbocycles. The molecule has 1 aromatic heterocycles. The molecular weight excluding hydrogens is 368 g/mol. The van der Waals surface area contributed by atoms with E-state index in [-0.39, 0.29) is 6.54 Å². The molecule has 0 aliphatic rings. The summed E-state index contributed by atoms with van der Waals surface area (Å²) in [5.41, 5.74) is 2.36. The summed E-state index contributed by atoms with van der Waals surface area (Å²) in [4.78, 5) is 25.3. The van der Waals surface area contributed by atoms with E-state index < -0.39 is 11.9 Å². The fourth-order valence-corrected chi connectivity index (χ4v) is 3.00. The van der Waals surface area contributed by atoms with Gasteiger partial charge in [0, 0.05) is 11.3 Å². The largest absolute Gasteiger partial charge is 0.325 e. The van der Waals surface area contributed by atoms with Crippen molar-refractivity contribution in [3.05, 3.63) is 72.3 Å². The average Bonchev–Trinajstić information content (AvgIpc) is 3.17. The first kappa shape index (κ1) is 18.3. The van der Waals surface area contributed by atoms with Crippen LogP contribution in [0.2, 0.25) is 0 Å². The molecule has 0 radical (unpaired) electrons. The fraction of sp³-hybridized carbons (Fsp3) is 0.0952. The van der Waals surface area contributed by atoms with Crippen molar-refractivity contribution in [1.29, 1.82) is 0 Å². The van der Waals surface area contributed by atoms with Gasteiger partial charge in [0.05, 0.1) is 0 Å². The van der Waals surface area contributed by atoms with Gasteiger partial charge < -0.3 is 5.32 Å². The van der Waals surface area contributed by atoms with E-state index in [0.29, 0.717) is 11.5 Å². The van der Waals surface area contributed by atoms with Crippen LogP contribution < -0.4 is 10.6 Å². The molecule has 0 atom stereocenters. The number of aryl methyl sites for hydroxylation is 1. The number of nitrogens with zero attached hydrogens (tertiary/aromatic N) is 4. The monoisotopic (exact) mass is 386 g/mol. The van der Waals surface area contributed by atoms with Gasteiger partial charge in [-0.15, -0.1) is 10.2 Å². The van der Waals surface area contributed by atoms with Gasteiger partial charge in [-0.3, -0.25) is 10.1 Å². The minimum atomic E-state index is -0.612. The highest BCUT2D eigenvalue weighted by Crippen LogP contribution is 2.25. The number of benzene rings is 3. The summed E-state index contributed by atoms with van der Waals surface area (Å²) in [6, 6.07) is 20.4. The first-order valence-corrected chi connectivity index (χ1v) is 9.02. The third-order valence-corrected chi connectivity index (χ3v) is 4.41. The number of carbonyl (C=O) groups is 2. The lowest BCUT2D eigenvalue weighted by molar-refractivity contribution is -0.120. The quantitative estimate of drug-likeness (QED) is 0.561. The zero-order chi connectivity index (χ0) is 20.2. The molecule has 0 saturated carbocycles. The second-order valence-electron chi connectivity index (χ2n) is 6.49. The predicted octanol–water partition coefficient (Wildman–Crippen LogP) is 3.15. The van der Waals surface area contributed by atoms with E-state index in [1.54, 1.807) is 12.1 Å². The van der Waals surface area contributed by atoms with Crippen molar-refractivity contribution in [2.24, 2.45) is 0 Å². The third-order valence-electron chi connectivity index (χ3n) is 4.41. The molecule has 4 aromatic rings. The Hall–Kier alpha value is -4.07. The summed E-state index contributed by atoms with van der Waals surface area (Å²) >= 11 is 0. The Morgan fingerprint density at radius 2 is 1.72 bits per heavy atom. The van der Waals surface area contributed by atoms with Gasteiger partial charge in [0.25, 0.3) is 5.91 Å². The van der Waals surface area contributed by atoms with Gasteiger partial charge in [0.1, 0.15) is 6.54 Å². The molecule has 8 heteroatoms. The number of tetrazole rings is 1. The number of carbonyl (C=O) groups excluding carboxylic acids is 2. The van der Waals surface area contributed by atoms with Crippen LogP contribution in [0.25, 0.3) is 22.2 Å². The molecule has 0 fully saturated rings. The molecule has 4 rings (SSSR count). The highest BCUT2D eigenvalue weighted by molar-refractivity contribution is 6.01. The van der Waals surface area contributed by atoms with Gasteiger partial charge in [-0.05, 0) is 34.5 Å². The number of imide groups is 1. The van der Waals surface area contributed by atoms with Crippen LogP contribution in [0.15, 0.2) is 66.7 Å². The Balaban J connectivity index is 1.43. The van der Waals surface area contributed by atoms with Crippen LogP contribution in [0.3, 0.4) is 0 Å². The number of hydrogen-bond acceptors (Lipinski definition) is 5. The van der Waals surface area contributed by atoms with Gasteiger partial charge in [0.2, 0.25) is 5.82 Å². The summed E-state index contributed by atoms with van der Waals surface area (Å²) in [5, 5.41) is 19.2. The molecule has 0 bridgehead atoms.